The van der Waals surface area contributed by atoms with E-state index in [0.29, 0.717) is 25.1 Å². The Morgan fingerprint density at radius 2 is 2.20 bits per heavy atom. The third-order valence-corrected chi connectivity index (χ3v) is 6.35. The number of thiophene rings is 1. The molecule has 0 aliphatic carbocycles. The molecule has 0 saturated carbocycles. The maximum absolute atomic E-state index is 13.6. The monoisotopic (exact) mass is 425 g/mol. The Morgan fingerprint density at radius 3 is 2.90 bits per heavy atom. The molecule has 1 saturated heterocycles. The van der Waals surface area contributed by atoms with Crippen LogP contribution in [-0.4, -0.2) is 50.6 Å². The number of likely N-dealkylation sites (tertiary alicyclic amines) is 1. The molecule has 4 heterocycles. The van der Waals surface area contributed by atoms with Crippen molar-refractivity contribution in [2.45, 2.75) is 52.1 Å². The van der Waals surface area contributed by atoms with Crippen LogP contribution in [0, 0.1) is 0 Å². The number of aromatic nitrogens is 3. The van der Waals surface area contributed by atoms with Crippen LogP contribution in [0.2, 0.25) is 0 Å². The number of carbonyl (C=O) groups is 2. The third-order valence-electron chi connectivity index (χ3n) is 5.45. The first-order valence-corrected chi connectivity index (χ1v) is 11.4. The summed E-state index contributed by atoms with van der Waals surface area (Å²) in [5.41, 5.74) is 2.14. The standard InChI is InChI=1S/C22H27N5O2S/c1-4-20(28)24-15-7-5-9-26(13-15)22(29)16-11-18(19-8-6-10-30-19)25-21-17(16)12-23-27(21)14(2)3/h6,8,10-12,14-15H,4-5,7,9,13H2,1-3H3,(H,24,28). The normalized spacial score (nSPS) is 16.9. The summed E-state index contributed by atoms with van der Waals surface area (Å²) in [6, 6.07) is 6.03. The molecule has 0 bridgehead atoms. The predicted octanol–water partition coefficient (Wildman–Crippen LogP) is 3.87. The van der Waals surface area contributed by atoms with Gasteiger partial charge in [0.1, 0.15) is 0 Å². The quantitative estimate of drug-likeness (QED) is 0.673. The molecular weight excluding hydrogens is 398 g/mol. The van der Waals surface area contributed by atoms with Gasteiger partial charge in [0, 0.05) is 31.6 Å². The number of carbonyl (C=O) groups excluding carboxylic acids is 2. The van der Waals surface area contributed by atoms with Crippen LogP contribution < -0.4 is 5.32 Å². The minimum absolute atomic E-state index is 0.00244. The van der Waals surface area contributed by atoms with Gasteiger partial charge in [0.05, 0.1) is 27.7 Å². The first-order chi connectivity index (χ1) is 14.5. The molecule has 1 aliphatic heterocycles. The van der Waals surface area contributed by atoms with Crippen LogP contribution >= 0.6 is 11.3 Å². The average molecular weight is 426 g/mol. The van der Waals surface area contributed by atoms with Gasteiger partial charge in [-0.1, -0.05) is 13.0 Å². The first kappa shape index (κ1) is 20.5. The second-order valence-corrected chi connectivity index (χ2v) is 8.91. The van der Waals surface area contributed by atoms with Crippen LogP contribution in [0.1, 0.15) is 56.4 Å². The molecule has 0 spiro atoms. The Balaban J connectivity index is 1.72. The first-order valence-electron chi connectivity index (χ1n) is 10.5. The minimum Gasteiger partial charge on any atom is -0.352 e. The van der Waals surface area contributed by atoms with Crippen LogP contribution in [0.5, 0.6) is 0 Å². The van der Waals surface area contributed by atoms with Gasteiger partial charge in [-0.3, -0.25) is 9.59 Å². The Hall–Kier alpha value is -2.74. The summed E-state index contributed by atoms with van der Waals surface area (Å²) in [7, 11) is 0. The summed E-state index contributed by atoms with van der Waals surface area (Å²) < 4.78 is 1.86. The van der Waals surface area contributed by atoms with Crippen molar-refractivity contribution >= 4 is 34.2 Å². The van der Waals surface area contributed by atoms with Gasteiger partial charge in [0.2, 0.25) is 5.91 Å². The van der Waals surface area contributed by atoms with E-state index < -0.39 is 0 Å². The summed E-state index contributed by atoms with van der Waals surface area (Å²) in [6.07, 6.45) is 3.96. The SMILES string of the molecule is CCC(=O)NC1CCCN(C(=O)c2cc(-c3cccs3)nc3c2cnn3C(C)C)C1. The highest BCUT2D eigenvalue weighted by Crippen LogP contribution is 2.30. The van der Waals surface area contributed by atoms with Crippen LogP contribution in [0.25, 0.3) is 21.6 Å². The van der Waals surface area contributed by atoms with Crippen LogP contribution in [0.15, 0.2) is 29.8 Å². The Morgan fingerprint density at radius 1 is 1.37 bits per heavy atom. The van der Waals surface area contributed by atoms with E-state index in [4.69, 9.17) is 4.98 Å². The molecule has 3 aromatic heterocycles. The van der Waals surface area contributed by atoms with Crippen LogP contribution in [0.3, 0.4) is 0 Å². The fourth-order valence-corrected chi connectivity index (χ4v) is 4.59. The van der Waals surface area contributed by atoms with Gasteiger partial charge in [-0.05, 0) is 44.2 Å². The topological polar surface area (TPSA) is 80.1 Å². The second kappa shape index (κ2) is 8.55. The van der Waals surface area contributed by atoms with Crippen LogP contribution in [0.4, 0.5) is 0 Å². The second-order valence-electron chi connectivity index (χ2n) is 7.96. The van der Waals surface area contributed by atoms with E-state index >= 15 is 0 Å². The maximum Gasteiger partial charge on any atom is 0.254 e. The molecule has 1 atom stereocenters. The van der Waals surface area contributed by atoms with Gasteiger partial charge < -0.3 is 10.2 Å². The lowest BCUT2D eigenvalue weighted by atomic mass is 10.0. The number of hydrogen-bond donors (Lipinski definition) is 1. The molecule has 3 aromatic rings. The van der Waals surface area contributed by atoms with Crippen molar-refractivity contribution in [3.8, 4) is 10.6 Å². The van der Waals surface area contributed by atoms with Gasteiger partial charge in [-0.2, -0.15) is 5.10 Å². The zero-order valence-corrected chi connectivity index (χ0v) is 18.4. The van der Waals surface area contributed by atoms with Crippen molar-refractivity contribution in [1.82, 2.24) is 25.0 Å². The Kier molecular flexibility index (Phi) is 5.85. The Bertz CT molecular complexity index is 1060. The number of nitrogens with one attached hydrogen (secondary N) is 1. The van der Waals surface area contributed by atoms with Gasteiger partial charge in [-0.25, -0.2) is 9.67 Å². The molecule has 1 aliphatic rings. The van der Waals surface area contributed by atoms with Gasteiger partial charge in [-0.15, -0.1) is 11.3 Å². The average Bonchev–Trinajstić information content (AvgIpc) is 3.42. The van der Waals surface area contributed by atoms with Crippen molar-refractivity contribution < 1.29 is 9.59 Å². The summed E-state index contributed by atoms with van der Waals surface area (Å²) in [5.74, 6) is -0.00208. The highest BCUT2D eigenvalue weighted by atomic mass is 32.1. The van der Waals surface area contributed by atoms with Crippen molar-refractivity contribution in [3.05, 3.63) is 35.3 Å². The molecule has 1 N–H and O–H groups in total. The number of pyridine rings is 1. The van der Waals surface area contributed by atoms with Crippen molar-refractivity contribution in [1.29, 1.82) is 0 Å². The lowest BCUT2D eigenvalue weighted by Crippen LogP contribution is -2.49. The number of rotatable bonds is 5. The van der Waals surface area contributed by atoms with E-state index in [1.807, 2.05) is 40.1 Å². The van der Waals surface area contributed by atoms with Crippen molar-refractivity contribution in [2.24, 2.45) is 0 Å². The zero-order valence-electron chi connectivity index (χ0n) is 17.6. The molecular formula is C22H27N5O2S. The fraction of sp³-hybridized carbons (Fsp3) is 0.455. The lowest BCUT2D eigenvalue weighted by molar-refractivity contribution is -0.121. The highest BCUT2D eigenvalue weighted by molar-refractivity contribution is 7.13. The molecule has 0 radical (unpaired) electrons. The molecule has 7 nitrogen and oxygen atoms in total. The number of hydrogen-bond acceptors (Lipinski definition) is 5. The number of nitrogens with zero attached hydrogens (tertiary/aromatic N) is 4. The lowest BCUT2D eigenvalue weighted by Gasteiger charge is -2.33. The van der Waals surface area contributed by atoms with Crippen molar-refractivity contribution in [3.63, 3.8) is 0 Å². The smallest absolute Gasteiger partial charge is 0.254 e. The van der Waals surface area contributed by atoms with E-state index in [1.54, 1.807) is 17.5 Å². The number of amides is 2. The summed E-state index contributed by atoms with van der Waals surface area (Å²) >= 11 is 1.60. The molecule has 30 heavy (non-hydrogen) atoms. The predicted molar refractivity (Wildman–Crippen MR) is 119 cm³/mol. The minimum atomic E-state index is -0.0287. The van der Waals surface area contributed by atoms with Gasteiger partial charge in [0.25, 0.3) is 5.91 Å². The molecule has 1 fully saturated rings. The summed E-state index contributed by atoms with van der Waals surface area (Å²) in [5, 5.41) is 10.3. The largest absolute Gasteiger partial charge is 0.352 e. The number of fused-ring (bicyclic) bond motifs is 1. The van der Waals surface area contributed by atoms with E-state index in [2.05, 4.69) is 24.3 Å². The molecule has 158 valence electrons. The molecule has 4 rings (SSSR count). The molecule has 8 heteroatoms. The highest BCUT2D eigenvalue weighted by Gasteiger charge is 2.28. The molecule has 1 unspecified atom stereocenters. The van der Waals surface area contributed by atoms with Gasteiger partial charge in [0.15, 0.2) is 5.65 Å². The summed E-state index contributed by atoms with van der Waals surface area (Å²) in [6.45, 7) is 7.17. The molecule has 2 amide bonds. The van der Waals surface area contributed by atoms with E-state index in [-0.39, 0.29) is 23.9 Å². The maximum atomic E-state index is 13.6. The molecule has 0 aromatic carbocycles. The van der Waals surface area contributed by atoms with E-state index in [9.17, 15) is 9.59 Å². The summed E-state index contributed by atoms with van der Waals surface area (Å²) in [4.78, 5) is 33.1. The van der Waals surface area contributed by atoms with E-state index in [1.165, 1.54) is 0 Å². The van der Waals surface area contributed by atoms with E-state index in [0.717, 1.165) is 34.4 Å². The third kappa shape index (κ3) is 3.96. The Labute approximate surface area is 180 Å². The zero-order chi connectivity index (χ0) is 21.3. The van der Waals surface area contributed by atoms with Gasteiger partial charge >= 0.3 is 0 Å². The fourth-order valence-electron chi connectivity index (χ4n) is 3.90. The number of piperidine rings is 1. The van der Waals surface area contributed by atoms with Crippen LogP contribution in [-0.2, 0) is 4.79 Å². The van der Waals surface area contributed by atoms with Crippen molar-refractivity contribution in [2.75, 3.05) is 13.1 Å².